The van der Waals surface area contributed by atoms with E-state index in [2.05, 4.69) is 0 Å². The van der Waals surface area contributed by atoms with E-state index in [1.165, 1.54) is 0 Å². The summed E-state index contributed by atoms with van der Waals surface area (Å²) in [5.74, 6) is -0.310. The summed E-state index contributed by atoms with van der Waals surface area (Å²) in [5, 5.41) is 0.739. The average Bonchev–Trinajstić information content (AvgIpc) is 2.64. The van der Waals surface area contributed by atoms with Gasteiger partial charge in [-0.1, -0.05) is 48.5 Å². The summed E-state index contributed by atoms with van der Waals surface area (Å²) in [7, 11) is 3.91. The fourth-order valence-electron chi connectivity index (χ4n) is 2.76. The van der Waals surface area contributed by atoms with E-state index in [0.717, 1.165) is 10.9 Å². The van der Waals surface area contributed by atoms with Gasteiger partial charge in [0, 0.05) is 25.0 Å². The lowest BCUT2D eigenvalue weighted by atomic mass is 10.1. The van der Waals surface area contributed by atoms with Gasteiger partial charge < -0.3 is 14.2 Å². The monoisotopic (exact) mass is 350 g/mol. The SMILES string of the molecule is CN(C)CCN(Cc1ccccc1)C(=O)c1cc2ccccc2oc1=O. The van der Waals surface area contributed by atoms with Crippen molar-refractivity contribution in [2.75, 3.05) is 27.2 Å². The molecule has 1 amide bonds. The molecule has 0 radical (unpaired) electrons. The van der Waals surface area contributed by atoms with Gasteiger partial charge in [-0.25, -0.2) is 4.79 Å². The minimum absolute atomic E-state index is 0.0680. The molecule has 5 heteroatoms. The van der Waals surface area contributed by atoms with E-state index in [4.69, 9.17) is 4.42 Å². The molecular formula is C21H22N2O3. The van der Waals surface area contributed by atoms with Crippen molar-refractivity contribution >= 4 is 16.9 Å². The van der Waals surface area contributed by atoms with Crippen LogP contribution in [0.3, 0.4) is 0 Å². The van der Waals surface area contributed by atoms with Crippen LogP contribution in [0, 0.1) is 0 Å². The second-order valence-corrected chi connectivity index (χ2v) is 6.50. The highest BCUT2D eigenvalue weighted by Gasteiger charge is 2.21. The van der Waals surface area contributed by atoms with Crippen molar-refractivity contribution in [1.82, 2.24) is 9.80 Å². The molecule has 0 saturated heterocycles. The van der Waals surface area contributed by atoms with Crippen LogP contribution in [-0.4, -0.2) is 42.9 Å². The first-order valence-corrected chi connectivity index (χ1v) is 8.55. The van der Waals surface area contributed by atoms with Crippen molar-refractivity contribution in [2.45, 2.75) is 6.54 Å². The van der Waals surface area contributed by atoms with E-state index < -0.39 is 5.63 Å². The van der Waals surface area contributed by atoms with E-state index in [0.29, 0.717) is 25.2 Å². The van der Waals surface area contributed by atoms with Crippen molar-refractivity contribution in [3.8, 4) is 0 Å². The van der Waals surface area contributed by atoms with Gasteiger partial charge in [0.1, 0.15) is 11.1 Å². The highest BCUT2D eigenvalue weighted by molar-refractivity contribution is 5.96. The fraction of sp³-hybridized carbons (Fsp3) is 0.238. The van der Waals surface area contributed by atoms with Crippen LogP contribution in [-0.2, 0) is 6.54 Å². The first-order chi connectivity index (χ1) is 12.5. The fourth-order valence-corrected chi connectivity index (χ4v) is 2.76. The molecule has 0 atom stereocenters. The number of hydrogen-bond donors (Lipinski definition) is 0. The highest BCUT2D eigenvalue weighted by Crippen LogP contribution is 2.15. The van der Waals surface area contributed by atoms with Crippen LogP contribution in [0.4, 0.5) is 0 Å². The Morgan fingerprint density at radius 3 is 2.38 bits per heavy atom. The minimum Gasteiger partial charge on any atom is -0.422 e. The number of nitrogens with zero attached hydrogens (tertiary/aromatic N) is 2. The van der Waals surface area contributed by atoms with Crippen molar-refractivity contribution in [1.29, 1.82) is 0 Å². The number of fused-ring (bicyclic) bond motifs is 1. The van der Waals surface area contributed by atoms with Crippen LogP contribution >= 0.6 is 0 Å². The smallest absolute Gasteiger partial charge is 0.349 e. The second-order valence-electron chi connectivity index (χ2n) is 6.50. The number of hydrogen-bond acceptors (Lipinski definition) is 4. The molecule has 0 saturated carbocycles. The molecule has 5 nitrogen and oxygen atoms in total. The quantitative estimate of drug-likeness (QED) is 0.641. The molecule has 134 valence electrons. The summed E-state index contributed by atoms with van der Waals surface area (Å²) < 4.78 is 5.33. The molecule has 0 fully saturated rings. The van der Waals surface area contributed by atoms with E-state index in [-0.39, 0.29) is 11.5 Å². The van der Waals surface area contributed by atoms with Crippen LogP contribution in [0.5, 0.6) is 0 Å². The summed E-state index contributed by atoms with van der Waals surface area (Å²) in [6, 6.07) is 18.6. The van der Waals surface area contributed by atoms with Gasteiger partial charge in [-0.05, 0) is 31.8 Å². The third-order valence-electron chi connectivity index (χ3n) is 4.19. The standard InChI is InChI=1S/C21H22N2O3/c1-22(2)12-13-23(15-16-8-4-3-5-9-16)20(24)18-14-17-10-6-7-11-19(17)26-21(18)25/h3-11,14H,12-13,15H2,1-2H3. The van der Waals surface area contributed by atoms with E-state index >= 15 is 0 Å². The van der Waals surface area contributed by atoms with Gasteiger partial charge in [0.05, 0.1) is 0 Å². The summed E-state index contributed by atoms with van der Waals surface area (Å²) >= 11 is 0. The summed E-state index contributed by atoms with van der Waals surface area (Å²) in [6.45, 7) is 1.67. The van der Waals surface area contributed by atoms with Gasteiger partial charge in [0.25, 0.3) is 5.91 Å². The Hall–Kier alpha value is -2.92. The predicted octanol–water partition coefficient (Wildman–Crippen LogP) is 3.00. The van der Waals surface area contributed by atoms with Crippen molar-refractivity contribution in [3.05, 3.63) is 82.2 Å². The van der Waals surface area contributed by atoms with Gasteiger partial charge in [0.2, 0.25) is 0 Å². The van der Waals surface area contributed by atoms with Crippen LogP contribution in [0.1, 0.15) is 15.9 Å². The molecule has 3 aromatic rings. The number of rotatable bonds is 6. The zero-order valence-electron chi connectivity index (χ0n) is 15.0. The maximum absolute atomic E-state index is 13.1. The molecule has 26 heavy (non-hydrogen) atoms. The summed E-state index contributed by atoms with van der Waals surface area (Å²) in [5.41, 5.74) is 0.969. The Balaban J connectivity index is 1.93. The molecule has 0 unspecified atom stereocenters. The van der Waals surface area contributed by atoms with Crippen LogP contribution in [0.15, 0.2) is 69.9 Å². The lowest BCUT2D eigenvalue weighted by Crippen LogP contribution is -2.38. The number of para-hydroxylation sites is 1. The molecule has 2 aromatic carbocycles. The highest BCUT2D eigenvalue weighted by atomic mass is 16.4. The minimum atomic E-state index is -0.600. The lowest BCUT2D eigenvalue weighted by Gasteiger charge is -2.24. The largest absolute Gasteiger partial charge is 0.422 e. The number of likely N-dealkylation sites (N-methyl/N-ethyl adjacent to an activating group) is 1. The molecule has 1 heterocycles. The Bertz CT molecular complexity index is 948. The molecule has 0 spiro atoms. The van der Waals surface area contributed by atoms with Gasteiger partial charge in [-0.2, -0.15) is 0 Å². The van der Waals surface area contributed by atoms with Gasteiger partial charge in [-0.15, -0.1) is 0 Å². The summed E-state index contributed by atoms with van der Waals surface area (Å²) in [6.07, 6.45) is 0. The molecule has 0 aliphatic heterocycles. The molecule has 3 rings (SSSR count). The Morgan fingerprint density at radius 2 is 1.65 bits per heavy atom. The van der Waals surface area contributed by atoms with Crippen molar-refractivity contribution in [3.63, 3.8) is 0 Å². The molecular weight excluding hydrogens is 328 g/mol. The molecule has 0 aliphatic rings. The van der Waals surface area contributed by atoms with Gasteiger partial charge >= 0.3 is 5.63 Å². The zero-order valence-corrected chi connectivity index (χ0v) is 15.0. The lowest BCUT2D eigenvalue weighted by molar-refractivity contribution is 0.0728. The predicted molar refractivity (Wildman–Crippen MR) is 102 cm³/mol. The van der Waals surface area contributed by atoms with E-state index in [1.54, 1.807) is 23.1 Å². The number of benzene rings is 2. The molecule has 1 aromatic heterocycles. The topological polar surface area (TPSA) is 53.8 Å². The number of carbonyl (C=O) groups excluding carboxylic acids is 1. The maximum atomic E-state index is 13.1. The number of amides is 1. The van der Waals surface area contributed by atoms with Crippen molar-refractivity contribution in [2.24, 2.45) is 0 Å². The first kappa shape index (κ1) is 17.9. The van der Waals surface area contributed by atoms with Crippen LogP contribution < -0.4 is 5.63 Å². The first-order valence-electron chi connectivity index (χ1n) is 8.55. The second kappa shape index (κ2) is 7.97. The Kier molecular flexibility index (Phi) is 5.49. The van der Waals surface area contributed by atoms with Crippen LogP contribution in [0.25, 0.3) is 11.0 Å². The van der Waals surface area contributed by atoms with Gasteiger partial charge in [-0.3, -0.25) is 4.79 Å². The maximum Gasteiger partial charge on any atom is 0.349 e. The van der Waals surface area contributed by atoms with E-state index in [9.17, 15) is 9.59 Å². The van der Waals surface area contributed by atoms with Crippen molar-refractivity contribution < 1.29 is 9.21 Å². The van der Waals surface area contributed by atoms with Crippen LogP contribution in [0.2, 0.25) is 0 Å². The number of carbonyl (C=O) groups is 1. The normalized spacial score (nSPS) is 11.0. The average molecular weight is 350 g/mol. The summed E-state index contributed by atoms with van der Waals surface area (Å²) in [4.78, 5) is 29.1. The van der Waals surface area contributed by atoms with Gasteiger partial charge in [0.15, 0.2) is 0 Å². The third-order valence-corrected chi connectivity index (χ3v) is 4.19. The third kappa shape index (κ3) is 4.18. The van der Waals surface area contributed by atoms with E-state index in [1.807, 2.05) is 61.5 Å². The molecule has 0 aliphatic carbocycles. The molecule has 0 N–H and O–H groups in total. The Morgan fingerprint density at radius 1 is 0.962 bits per heavy atom. The zero-order chi connectivity index (χ0) is 18.5. The molecule has 0 bridgehead atoms. The Labute approximate surface area is 152 Å².